The molecule has 1 aliphatic rings. The Morgan fingerprint density at radius 3 is 2.65 bits per heavy atom. The van der Waals surface area contributed by atoms with E-state index in [4.69, 9.17) is 4.98 Å². The monoisotopic (exact) mass is 347 g/mol. The molecule has 1 aromatic carbocycles. The van der Waals surface area contributed by atoms with Crippen molar-refractivity contribution in [2.75, 3.05) is 6.54 Å². The number of benzene rings is 1. The molecule has 1 aliphatic heterocycles. The Kier molecular flexibility index (Phi) is 4.80. The van der Waals surface area contributed by atoms with Crippen molar-refractivity contribution in [3.05, 3.63) is 72.2 Å². The molecule has 0 radical (unpaired) electrons. The van der Waals surface area contributed by atoms with Crippen LogP contribution in [0.2, 0.25) is 0 Å². The van der Waals surface area contributed by atoms with Gasteiger partial charge in [0, 0.05) is 37.3 Å². The van der Waals surface area contributed by atoms with Gasteiger partial charge in [-0.2, -0.15) is 0 Å². The molecule has 1 fully saturated rings. The van der Waals surface area contributed by atoms with Crippen molar-refractivity contribution >= 4 is 0 Å². The highest BCUT2D eigenvalue weighted by Gasteiger charge is 2.30. The fraction of sp³-hybridized carbons (Fsp3) is 0.381. The summed E-state index contributed by atoms with van der Waals surface area (Å²) < 4.78 is 2.10. The predicted octanol–water partition coefficient (Wildman–Crippen LogP) is 4.12. The Morgan fingerprint density at radius 1 is 1.04 bits per heavy atom. The Hall–Kier alpha value is -2.53. The summed E-state index contributed by atoms with van der Waals surface area (Å²) in [5.41, 5.74) is 2.40. The maximum Gasteiger partial charge on any atom is 0.161 e. The Labute approximate surface area is 154 Å². The van der Waals surface area contributed by atoms with E-state index in [0.717, 1.165) is 36.8 Å². The van der Waals surface area contributed by atoms with Gasteiger partial charge in [-0.1, -0.05) is 44.2 Å². The zero-order valence-electron chi connectivity index (χ0n) is 15.4. The summed E-state index contributed by atoms with van der Waals surface area (Å²) >= 11 is 0. The van der Waals surface area contributed by atoms with Crippen LogP contribution in [-0.4, -0.2) is 31.0 Å². The van der Waals surface area contributed by atoms with Crippen LogP contribution in [0.25, 0.3) is 5.82 Å². The minimum atomic E-state index is 0.293. The van der Waals surface area contributed by atoms with Crippen LogP contribution in [0, 0.1) is 0 Å². The fourth-order valence-corrected chi connectivity index (χ4v) is 3.83. The molecule has 3 aromatic rings. The molecular weight excluding hydrogens is 322 g/mol. The van der Waals surface area contributed by atoms with Gasteiger partial charge >= 0.3 is 0 Å². The zero-order valence-corrected chi connectivity index (χ0v) is 15.4. The molecule has 5 nitrogen and oxygen atoms in total. The first kappa shape index (κ1) is 16.9. The van der Waals surface area contributed by atoms with Crippen LogP contribution in [0.1, 0.15) is 55.7 Å². The summed E-state index contributed by atoms with van der Waals surface area (Å²) in [6.07, 6.45) is 9.74. The summed E-state index contributed by atoms with van der Waals surface area (Å²) in [5.74, 6) is 2.28. The molecule has 0 aliphatic carbocycles. The molecule has 26 heavy (non-hydrogen) atoms. The van der Waals surface area contributed by atoms with Crippen LogP contribution in [0.4, 0.5) is 0 Å². The van der Waals surface area contributed by atoms with Crippen molar-refractivity contribution < 1.29 is 0 Å². The van der Waals surface area contributed by atoms with Crippen molar-refractivity contribution in [1.29, 1.82) is 0 Å². The molecule has 4 rings (SSSR count). The lowest BCUT2D eigenvalue weighted by molar-refractivity contribution is 0.243. The third kappa shape index (κ3) is 3.27. The molecule has 0 N–H and O–H groups in total. The van der Waals surface area contributed by atoms with Crippen LogP contribution in [0.3, 0.4) is 0 Å². The summed E-state index contributed by atoms with van der Waals surface area (Å²) in [7, 11) is 0. The number of rotatable bonds is 5. The van der Waals surface area contributed by atoms with Gasteiger partial charge in [0.15, 0.2) is 5.82 Å². The number of imidazole rings is 1. The summed E-state index contributed by atoms with van der Waals surface area (Å²) in [6.45, 7) is 6.36. The predicted molar refractivity (Wildman–Crippen MR) is 102 cm³/mol. The first-order chi connectivity index (χ1) is 12.7. The lowest BCUT2D eigenvalue weighted by Crippen LogP contribution is -2.25. The highest BCUT2D eigenvalue weighted by Crippen LogP contribution is 2.34. The molecule has 3 heterocycles. The van der Waals surface area contributed by atoms with E-state index in [2.05, 4.69) is 63.6 Å². The highest BCUT2D eigenvalue weighted by atomic mass is 15.2. The number of likely N-dealkylation sites (tertiary alicyclic amines) is 1. The fourth-order valence-electron chi connectivity index (χ4n) is 3.83. The maximum absolute atomic E-state index is 4.76. The van der Waals surface area contributed by atoms with E-state index in [0.29, 0.717) is 12.0 Å². The van der Waals surface area contributed by atoms with Crippen molar-refractivity contribution in [1.82, 2.24) is 24.4 Å². The third-order valence-corrected chi connectivity index (χ3v) is 5.03. The van der Waals surface area contributed by atoms with Gasteiger partial charge in [0.25, 0.3) is 0 Å². The number of hydrogen-bond acceptors (Lipinski definition) is 4. The van der Waals surface area contributed by atoms with E-state index in [1.807, 2.05) is 18.6 Å². The molecular formula is C21H25N5. The molecule has 0 unspecified atom stereocenters. The summed E-state index contributed by atoms with van der Waals surface area (Å²) in [4.78, 5) is 16.5. The smallest absolute Gasteiger partial charge is 0.161 e. The summed E-state index contributed by atoms with van der Waals surface area (Å²) in [5, 5.41) is 0. The van der Waals surface area contributed by atoms with Gasteiger partial charge in [-0.05, 0) is 24.9 Å². The van der Waals surface area contributed by atoms with Gasteiger partial charge < -0.3 is 0 Å². The first-order valence-electron chi connectivity index (χ1n) is 9.36. The van der Waals surface area contributed by atoms with E-state index >= 15 is 0 Å². The molecule has 0 amide bonds. The number of aromatic nitrogens is 4. The van der Waals surface area contributed by atoms with Gasteiger partial charge in [-0.15, -0.1) is 0 Å². The lowest BCUT2D eigenvalue weighted by Gasteiger charge is -2.25. The van der Waals surface area contributed by atoms with Gasteiger partial charge in [0.1, 0.15) is 11.5 Å². The highest BCUT2D eigenvalue weighted by molar-refractivity contribution is 5.33. The van der Waals surface area contributed by atoms with Crippen molar-refractivity contribution in [2.24, 2.45) is 0 Å². The number of hydrogen-bond donors (Lipinski definition) is 0. The molecule has 0 saturated carbocycles. The van der Waals surface area contributed by atoms with Crippen LogP contribution >= 0.6 is 0 Å². The molecule has 1 saturated heterocycles. The molecule has 1 atom stereocenters. The second-order valence-electron chi connectivity index (χ2n) is 7.19. The lowest BCUT2D eigenvalue weighted by atomic mass is 10.1. The van der Waals surface area contributed by atoms with Crippen molar-refractivity contribution in [2.45, 2.75) is 45.2 Å². The maximum atomic E-state index is 4.76. The summed E-state index contributed by atoms with van der Waals surface area (Å²) in [6, 6.07) is 11.0. The van der Waals surface area contributed by atoms with Gasteiger partial charge in [0.05, 0.1) is 6.04 Å². The molecule has 0 bridgehead atoms. The molecule has 2 aromatic heterocycles. The second-order valence-corrected chi connectivity index (χ2v) is 7.19. The molecule has 134 valence electrons. The Bertz CT molecular complexity index is 856. The van der Waals surface area contributed by atoms with E-state index in [1.54, 1.807) is 6.20 Å². The van der Waals surface area contributed by atoms with Crippen LogP contribution in [0.15, 0.2) is 55.1 Å². The van der Waals surface area contributed by atoms with E-state index < -0.39 is 0 Å². The van der Waals surface area contributed by atoms with Crippen LogP contribution in [-0.2, 0) is 6.54 Å². The van der Waals surface area contributed by atoms with Crippen LogP contribution in [0.5, 0.6) is 0 Å². The van der Waals surface area contributed by atoms with Gasteiger partial charge in [-0.25, -0.2) is 9.97 Å². The van der Waals surface area contributed by atoms with Gasteiger partial charge in [-0.3, -0.25) is 14.5 Å². The van der Waals surface area contributed by atoms with Gasteiger partial charge in [0.2, 0.25) is 0 Å². The Morgan fingerprint density at radius 2 is 1.85 bits per heavy atom. The Balaban J connectivity index is 1.68. The van der Waals surface area contributed by atoms with Crippen LogP contribution < -0.4 is 0 Å². The van der Waals surface area contributed by atoms with Crippen molar-refractivity contribution in [3.8, 4) is 5.82 Å². The van der Waals surface area contributed by atoms with E-state index in [1.165, 1.54) is 12.0 Å². The second kappa shape index (κ2) is 7.38. The standard InChI is InChI=1S/C21H25N5/c1-16(2)20-24-12-14-26(20)21-19(22-10-11-23-21)18-9-6-13-25(18)15-17-7-4-3-5-8-17/h3-5,7-8,10-12,14,16,18H,6,9,13,15H2,1-2H3/t18-/m1/s1. The van der Waals surface area contributed by atoms with E-state index in [9.17, 15) is 0 Å². The SMILES string of the molecule is CC(C)c1nccn1-c1nccnc1[C@H]1CCCN1Cc1ccccc1. The number of nitrogens with zero attached hydrogens (tertiary/aromatic N) is 5. The quantitative estimate of drug-likeness (QED) is 0.696. The zero-order chi connectivity index (χ0) is 17.9. The van der Waals surface area contributed by atoms with Crippen molar-refractivity contribution in [3.63, 3.8) is 0 Å². The normalized spacial score (nSPS) is 17.9. The largest absolute Gasteiger partial charge is 0.290 e. The molecule has 0 spiro atoms. The molecule has 5 heteroatoms. The minimum Gasteiger partial charge on any atom is -0.290 e. The third-order valence-electron chi connectivity index (χ3n) is 5.03. The topological polar surface area (TPSA) is 46.8 Å². The average Bonchev–Trinajstić information content (AvgIpc) is 3.32. The minimum absolute atomic E-state index is 0.293. The van der Waals surface area contributed by atoms with E-state index in [-0.39, 0.29) is 0 Å². The average molecular weight is 347 g/mol. The first-order valence-corrected chi connectivity index (χ1v) is 9.36.